The molecule has 2 aliphatic heterocycles. The molecule has 0 amide bonds. The molecule has 4 heteroatoms. The third-order valence-corrected chi connectivity index (χ3v) is 4.16. The van der Waals surface area contributed by atoms with Gasteiger partial charge in [0.05, 0.1) is 12.3 Å². The zero-order valence-corrected chi connectivity index (χ0v) is 12.0. The van der Waals surface area contributed by atoms with Gasteiger partial charge in [-0.3, -0.25) is 0 Å². The van der Waals surface area contributed by atoms with E-state index in [1.54, 1.807) is 0 Å². The number of hydrogen-bond donors (Lipinski definition) is 1. The standard InChI is InChI=1S/C16H24N2O2/c17-13-7-9-18(10-8-13)15-5-1-2-6-16(15)20-14-4-3-11-19-12-14/h1-2,5-6,13-14H,3-4,7-12,17H2. The Morgan fingerprint density at radius 2 is 1.95 bits per heavy atom. The maximum absolute atomic E-state index is 6.17. The Morgan fingerprint density at radius 1 is 1.15 bits per heavy atom. The van der Waals surface area contributed by atoms with E-state index in [2.05, 4.69) is 23.1 Å². The first-order valence-electron chi connectivity index (χ1n) is 7.67. The lowest BCUT2D eigenvalue weighted by Gasteiger charge is -2.34. The lowest BCUT2D eigenvalue weighted by molar-refractivity contribution is 0.00761. The maximum atomic E-state index is 6.17. The monoisotopic (exact) mass is 276 g/mol. The Balaban J connectivity index is 1.70. The van der Waals surface area contributed by atoms with E-state index in [1.807, 2.05) is 6.07 Å². The lowest BCUT2D eigenvalue weighted by atomic mass is 10.1. The molecule has 0 spiro atoms. The van der Waals surface area contributed by atoms with Gasteiger partial charge in [0, 0.05) is 25.7 Å². The fourth-order valence-electron chi connectivity index (χ4n) is 2.94. The Kier molecular flexibility index (Phi) is 4.43. The van der Waals surface area contributed by atoms with Gasteiger partial charge in [0.15, 0.2) is 0 Å². The van der Waals surface area contributed by atoms with E-state index < -0.39 is 0 Å². The van der Waals surface area contributed by atoms with Gasteiger partial charge < -0.3 is 20.1 Å². The first kappa shape index (κ1) is 13.7. The minimum atomic E-state index is 0.192. The summed E-state index contributed by atoms with van der Waals surface area (Å²) in [5, 5.41) is 0. The van der Waals surface area contributed by atoms with Crippen molar-refractivity contribution in [1.29, 1.82) is 0 Å². The van der Waals surface area contributed by atoms with Gasteiger partial charge in [-0.1, -0.05) is 12.1 Å². The smallest absolute Gasteiger partial charge is 0.143 e. The molecule has 3 rings (SSSR count). The van der Waals surface area contributed by atoms with Crippen molar-refractivity contribution >= 4 is 5.69 Å². The number of nitrogens with zero attached hydrogens (tertiary/aromatic N) is 1. The van der Waals surface area contributed by atoms with E-state index >= 15 is 0 Å². The molecular formula is C16H24N2O2. The summed E-state index contributed by atoms with van der Waals surface area (Å²) in [5.74, 6) is 0.985. The fourth-order valence-corrected chi connectivity index (χ4v) is 2.94. The highest BCUT2D eigenvalue weighted by molar-refractivity contribution is 5.58. The molecule has 2 N–H and O–H groups in total. The summed E-state index contributed by atoms with van der Waals surface area (Å²) in [6, 6.07) is 8.69. The Morgan fingerprint density at radius 3 is 2.70 bits per heavy atom. The van der Waals surface area contributed by atoms with Gasteiger partial charge >= 0.3 is 0 Å². The van der Waals surface area contributed by atoms with Crippen LogP contribution in [0.4, 0.5) is 5.69 Å². The summed E-state index contributed by atoms with van der Waals surface area (Å²) in [6.45, 7) is 3.61. The molecule has 1 atom stereocenters. The van der Waals surface area contributed by atoms with Crippen LogP contribution >= 0.6 is 0 Å². The SMILES string of the molecule is NC1CCN(c2ccccc2OC2CCCOC2)CC1. The van der Waals surface area contributed by atoms with Gasteiger partial charge in [-0.15, -0.1) is 0 Å². The van der Waals surface area contributed by atoms with Gasteiger partial charge in [0.1, 0.15) is 11.9 Å². The zero-order valence-electron chi connectivity index (χ0n) is 12.0. The predicted molar refractivity (Wildman–Crippen MR) is 80.3 cm³/mol. The highest BCUT2D eigenvalue weighted by atomic mass is 16.5. The molecule has 0 aliphatic carbocycles. The van der Waals surface area contributed by atoms with E-state index in [4.69, 9.17) is 15.2 Å². The first-order chi connectivity index (χ1) is 9.83. The molecule has 20 heavy (non-hydrogen) atoms. The summed E-state index contributed by atoms with van der Waals surface area (Å²) < 4.78 is 11.7. The first-order valence-corrected chi connectivity index (χ1v) is 7.67. The van der Waals surface area contributed by atoms with Crippen molar-refractivity contribution in [1.82, 2.24) is 0 Å². The van der Waals surface area contributed by atoms with Gasteiger partial charge in [0.2, 0.25) is 0 Å². The quantitative estimate of drug-likeness (QED) is 0.919. The summed E-state index contributed by atoms with van der Waals surface area (Å²) in [7, 11) is 0. The Labute approximate surface area is 120 Å². The van der Waals surface area contributed by atoms with Crippen LogP contribution in [-0.2, 0) is 4.74 Å². The van der Waals surface area contributed by atoms with Gasteiger partial charge in [-0.2, -0.15) is 0 Å². The van der Waals surface area contributed by atoms with E-state index in [9.17, 15) is 0 Å². The largest absolute Gasteiger partial charge is 0.486 e. The molecule has 0 bridgehead atoms. The Bertz CT molecular complexity index is 424. The van der Waals surface area contributed by atoms with Crippen molar-refractivity contribution in [2.75, 3.05) is 31.2 Å². The predicted octanol–water partition coefficient (Wildman–Crippen LogP) is 2.17. The third kappa shape index (κ3) is 3.25. The number of anilines is 1. The van der Waals surface area contributed by atoms with Crippen molar-refractivity contribution < 1.29 is 9.47 Å². The molecule has 0 saturated carbocycles. The number of rotatable bonds is 3. The van der Waals surface area contributed by atoms with E-state index in [0.717, 1.165) is 51.1 Å². The van der Waals surface area contributed by atoms with Crippen LogP contribution in [0.3, 0.4) is 0 Å². The van der Waals surface area contributed by atoms with Crippen LogP contribution in [0.15, 0.2) is 24.3 Å². The molecule has 1 aromatic rings. The average molecular weight is 276 g/mol. The van der Waals surface area contributed by atoms with Crippen molar-refractivity contribution in [2.24, 2.45) is 5.73 Å². The Hall–Kier alpha value is -1.26. The molecule has 2 heterocycles. The van der Waals surface area contributed by atoms with Crippen LogP contribution in [0.25, 0.3) is 0 Å². The number of hydrogen-bond acceptors (Lipinski definition) is 4. The number of ether oxygens (including phenoxy) is 2. The summed E-state index contributed by atoms with van der Waals surface area (Å²) in [5.41, 5.74) is 7.19. The molecular weight excluding hydrogens is 252 g/mol. The van der Waals surface area contributed by atoms with Crippen LogP contribution in [-0.4, -0.2) is 38.4 Å². The van der Waals surface area contributed by atoms with E-state index in [-0.39, 0.29) is 6.10 Å². The van der Waals surface area contributed by atoms with Crippen molar-refractivity contribution in [3.8, 4) is 5.75 Å². The minimum absolute atomic E-state index is 0.192. The number of piperidine rings is 1. The van der Waals surface area contributed by atoms with Gasteiger partial charge in [-0.05, 0) is 37.8 Å². The van der Waals surface area contributed by atoms with Gasteiger partial charge in [-0.25, -0.2) is 0 Å². The maximum Gasteiger partial charge on any atom is 0.143 e. The van der Waals surface area contributed by atoms with E-state index in [1.165, 1.54) is 5.69 Å². The van der Waals surface area contributed by atoms with Crippen LogP contribution in [0.1, 0.15) is 25.7 Å². The fraction of sp³-hybridized carbons (Fsp3) is 0.625. The molecule has 2 fully saturated rings. The average Bonchev–Trinajstić information content (AvgIpc) is 2.50. The molecule has 1 unspecified atom stereocenters. The molecule has 4 nitrogen and oxygen atoms in total. The second-order valence-corrected chi connectivity index (χ2v) is 5.75. The third-order valence-electron chi connectivity index (χ3n) is 4.16. The number of nitrogens with two attached hydrogens (primary N) is 1. The van der Waals surface area contributed by atoms with Crippen LogP contribution in [0.5, 0.6) is 5.75 Å². The number of para-hydroxylation sites is 2. The second-order valence-electron chi connectivity index (χ2n) is 5.75. The molecule has 1 aromatic carbocycles. The van der Waals surface area contributed by atoms with Crippen molar-refractivity contribution in [2.45, 2.75) is 37.8 Å². The molecule has 0 aromatic heterocycles. The highest BCUT2D eigenvalue weighted by Crippen LogP contribution is 2.31. The highest BCUT2D eigenvalue weighted by Gasteiger charge is 2.21. The second kappa shape index (κ2) is 6.46. The molecule has 2 saturated heterocycles. The summed E-state index contributed by atoms with van der Waals surface area (Å²) >= 11 is 0. The van der Waals surface area contributed by atoms with Crippen LogP contribution in [0.2, 0.25) is 0 Å². The van der Waals surface area contributed by atoms with E-state index in [0.29, 0.717) is 12.6 Å². The molecule has 110 valence electrons. The summed E-state index contributed by atoms with van der Waals surface area (Å²) in [6.07, 6.45) is 4.48. The molecule has 2 aliphatic rings. The van der Waals surface area contributed by atoms with Crippen LogP contribution in [0, 0.1) is 0 Å². The van der Waals surface area contributed by atoms with Gasteiger partial charge in [0.25, 0.3) is 0 Å². The van der Waals surface area contributed by atoms with Crippen molar-refractivity contribution in [3.05, 3.63) is 24.3 Å². The zero-order chi connectivity index (χ0) is 13.8. The normalized spacial score (nSPS) is 24.6. The number of benzene rings is 1. The topological polar surface area (TPSA) is 47.7 Å². The summed E-state index contributed by atoms with van der Waals surface area (Å²) in [4.78, 5) is 2.39. The molecule has 0 radical (unpaired) electrons. The lowest BCUT2D eigenvalue weighted by Crippen LogP contribution is -2.40. The van der Waals surface area contributed by atoms with Crippen molar-refractivity contribution in [3.63, 3.8) is 0 Å². The minimum Gasteiger partial charge on any atom is -0.486 e. The van der Waals surface area contributed by atoms with Crippen LogP contribution < -0.4 is 15.4 Å².